The fourth-order valence-corrected chi connectivity index (χ4v) is 3.72. The van der Waals surface area contributed by atoms with E-state index in [1.54, 1.807) is 18.5 Å². The van der Waals surface area contributed by atoms with E-state index in [1.165, 1.54) is 30.4 Å². The van der Waals surface area contributed by atoms with Crippen molar-refractivity contribution in [3.05, 3.63) is 58.0 Å². The minimum atomic E-state index is 0.0635. The molecular weight excluding hydrogens is 328 g/mol. The standard InChI is InChI=1S/C20H24N4O2/c25-19(7-3-15-10-21-13-22-11-15)23-17-5-6-18-16(9-17)4-8-20(26)24(18)12-14-1-2-14/h4,8,10-11,13-14,17H,1-3,5-7,9,12H2,(H,23,25)/t17-/m1/s1. The van der Waals surface area contributed by atoms with Gasteiger partial charge in [-0.3, -0.25) is 9.59 Å². The van der Waals surface area contributed by atoms with Crippen LogP contribution in [-0.2, 0) is 30.6 Å². The highest BCUT2D eigenvalue weighted by Crippen LogP contribution is 2.31. The van der Waals surface area contributed by atoms with Gasteiger partial charge in [-0.2, -0.15) is 0 Å². The van der Waals surface area contributed by atoms with E-state index >= 15 is 0 Å². The lowest BCUT2D eigenvalue weighted by atomic mass is 9.91. The molecule has 1 amide bonds. The third-order valence-corrected chi connectivity index (χ3v) is 5.34. The van der Waals surface area contributed by atoms with Crippen LogP contribution in [0, 0.1) is 5.92 Å². The first-order valence-electron chi connectivity index (χ1n) is 9.44. The highest BCUT2D eigenvalue weighted by Gasteiger charge is 2.27. The molecule has 0 bridgehead atoms. The summed E-state index contributed by atoms with van der Waals surface area (Å²) in [5.74, 6) is 0.743. The number of nitrogens with zero attached hydrogens (tertiary/aromatic N) is 3. The van der Waals surface area contributed by atoms with Crippen LogP contribution in [0.1, 0.15) is 42.5 Å². The molecule has 1 N–H and O–H groups in total. The van der Waals surface area contributed by atoms with Crippen molar-refractivity contribution in [1.82, 2.24) is 19.9 Å². The number of aryl methyl sites for hydroxylation is 1. The van der Waals surface area contributed by atoms with Gasteiger partial charge in [0.2, 0.25) is 5.91 Å². The fraction of sp³-hybridized carbons (Fsp3) is 0.500. The Morgan fingerprint density at radius 2 is 2.00 bits per heavy atom. The van der Waals surface area contributed by atoms with Crippen LogP contribution in [0.4, 0.5) is 0 Å². The van der Waals surface area contributed by atoms with Gasteiger partial charge < -0.3 is 9.88 Å². The molecule has 2 aromatic rings. The van der Waals surface area contributed by atoms with E-state index < -0.39 is 0 Å². The Morgan fingerprint density at radius 3 is 2.77 bits per heavy atom. The molecule has 0 saturated heterocycles. The molecule has 2 heterocycles. The van der Waals surface area contributed by atoms with Crippen LogP contribution in [-0.4, -0.2) is 26.5 Å². The summed E-state index contributed by atoms with van der Waals surface area (Å²) in [5, 5.41) is 3.15. The summed E-state index contributed by atoms with van der Waals surface area (Å²) in [5.41, 5.74) is 3.47. The van der Waals surface area contributed by atoms with Gasteiger partial charge in [-0.25, -0.2) is 9.97 Å². The molecule has 2 aliphatic rings. The summed E-state index contributed by atoms with van der Waals surface area (Å²) in [4.78, 5) is 32.4. The minimum absolute atomic E-state index is 0.0635. The van der Waals surface area contributed by atoms with Crippen molar-refractivity contribution in [3.63, 3.8) is 0 Å². The van der Waals surface area contributed by atoms with Crippen LogP contribution < -0.4 is 10.9 Å². The number of fused-ring (bicyclic) bond motifs is 1. The van der Waals surface area contributed by atoms with Gasteiger partial charge in [-0.1, -0.05) is 6.07 Å². The molecule has 0 aromatic carbocycles. The smallest absolute Gasteiger partial charge is 0.250 e. The Hall–Kier alpha value is -2.50. The molecule has 26 heavy (non-hydrogen) atoms. The van der Waals surface area contributed by atoms with E-state index in [2.05, 4.69) is 15.3 Å². The number of nitrogens with one attached hydrogen (secondary N) is 1. The van der Waals surface area contributed by atoms with Crippen LogP contribution in [0.3, 0.4) is 0 Å². The molecule has 1 fully saturated rings. The van der Waals surface area contributed by atoms with E-state index in [9.17, 15) is 9.59 Å². The normalized spacial score (nSPS) is 19.0. The molecule has 1 saturated carbocycles. The first kappa shape index (κ1) is 16.9. The second kappa shape index (κ2) is 7.40. The van der Waals surface area contributed by atoms with Crippen molar-refractivity contribution in [1.29, 1.82) is 0 Å². The molecule has 1 atom stereocenters. The van der Waals surface area contributed by atoms with Crippen molar-refractivity contribution in [2.75, 3.05) is 0 Å². The van der Waals surface area contributed by atoms with Crippen LogP contribution in [0.25, 0.3) is 0 Å². The number of carbonyl (C=O) groups excluding carboxylic acids is 1. The van der Waals surface area contributed by atoms with Gasteiger partial charge in [0.1, 0.15) is 6.33 Å². The SMILES string of the molecule is O=C(CCc1cncnc1)N[C@@H]1CCc2c(ccc(=O)n2CC2CC2)C1. The Balaban J connectivity index is 1.36. The van der Waals surface area contributed by atoms with Crippen molar-refractivity contribution >= 4 is 5.91 Å². The van der Waals surface area contributed by atoms with Gasteiger partial charge in [0.25, 0.3) is 5.56 Å². The topological polar surface area (TPSA) is 76.9 Å². The summed E-state index contributed by atoms with van der Waals surface area (Å²) >= 11 is 0. The Morgan fingerprint density at radius 1 is 1.19 bits per heavy atom. The fourth-order valence-electron chi connectivity index (χ4n) is 3.72. The Kier molecular flexibility index (Phi) is 4.82. The molecule has 6 nitrogen and oxygen atoms in total. The van der Waals surface area contributed by atoms with E-state index in [4.69, 9.17) is 0 Å². The number of hydrogen-bond acceptors (Lipinski definition) is 4. The lowest BCUT2D eigenvalue weighted by Crippen LogP contribution is -2.40. The van der Waals surface area contributed by atoms with Gasteiger partial charge in [-0.05, 0) is 55.6 Å². The highest BCUT2D eigenvalue weighted by atomic mass is 16.1. The van der Waals surface area contributed by atoms with Crippen LogP contribution in [0.15, 0.2) is 35.6 Å². The number of hydrogen-bond donors (Lipinski definition) is 1. The van der Waals surface area contributed by atoms with E-state index in [1.807, 2.05) is 10.6 Å². The highest BCUT2D eigenvalue weighted by molar-refractivity contribution is 5.76. The summed E-state index contributed by atoms with van der Waals surface area (Å²) in [6, 6.07) is 3.77. The Labute approximate surface area is 152 Å². The molecule has 6 heteroatoms. The summed E-state index contributed by atoms with van der Waals surface area (Å²) < 4.78 is 1.97. The van der Waals surface area contributed by atoms with E-state index in [0.717, 1.165) is 31.4 Å². The van der Waals surface area contributed by atoms with Gasteiger partial charge >= 0.3 is 0 Å². The first-order chi connectivity index (χ1) is 12.7. The van der Waals surface area contributed by atoms with Crippen LogP contribution >= 0.6 is 0 Å². The van der Waals surface area contributed by atoms with Crippen LogP contribution in [0.2, 0.25) is 0 Å². The van der Waals surface area contributed by atoms with Gasteiger partial charge in [0.15, 0.2) is 0 Å². The summed E-state index contributed by atoms with van der Waals surface area (Å²) in [7, 11) is 0. The van der Waals surface area contributed by atoms with Crippen LogP contribution in [0.5, 0.6) is 0 Å². The molecule has 136 valence electrons. The average Bonchev–Trinajstić information content (AvgIpc) is 3.47. The average molecular weight is 352 g/mol. The largest absolute Gasteiger partial charge is 0.353 e. The zero-order valence-electron chi connectivity index (χ0n) is 14.9. The maximum absolute atomic E-state index is 12.3. The van der Waals surface area contributed by atoms with Crippen molar-refractivity contribution < 1.29 is 4.79 Å². The minimum Gasteiger partial charge on any atom is -0.353 e. The number of carbonyl (C=O) groups is 1. The third kappa shape index (κ3) is 4.00. The van der Waals surface area contributed by atoms with Gasteiger partial charge in [0.05, 0.1) is 0 Å². The summed E-state index contributed by atoms with van der Waals surface area (Å²) in [6.07, 6.45) is 11.1. The quantitative estimate of drug-likeness (QED) is 0.858. The monoisotopic (exact) mass is 352 g/mol. The number of pyridine rings is 1. The van der Waals surface area contributed by atoms with Gasteiger partial charge in [0, 0.05) is 43.2 Å². The van der Waals surface area contributed by atoms with Gasteiger partial charge in [-0.15, -0.1) is 0 Å². The lowest BCUT2D eigenvalue weighted by molar-refractivity contribution is -0.121. The predicted octanol–water partition coefficient (Wildman–Crippen LogP) is 1.65. The Bertz CT molecular complexity index is 843. The van der Waals surface area contributed by atoms with Crippen molar-refractivity contribution in [2.45, 2.75) is 57.5 Å². The predicted molar refractivity (Wildman–Crippen MR) is 97.7 cm³/mol. The maximum Gasteiger partial charge on any atom is 0.250 e. The second-order valence-electron chi connectivity index (χ2n) is 7.45. The van der Waals surface area contributed by atoms with Crippen molar-refractivity contribution in [3.8, 4) is 0 Å². The lowest BCUT2D eigenvalue weighted by Gasteiger charge is -2.27. The molecular formula is C20H24N4O2. The maximum atomic E-state index is 12.3. The van der Waals surface area contributed by atoms with Crippen molar-refractivity contribution in [2.24, 2.45) is 5.92 Å². The second-order valence-corrected chi connectivity index (χ2v) is 7.45. The number of amides is 1. The first-order valence-corrected chi connectivity index (χ1v) is 9.44. The molecule has 0 radical (unpaired) electrons. The number of aromatic nitrogens is 3. The molecule has 4 rings (SSSR count). The zero-order valence-corrected chi connectivity index (χ0v) is 14.9. The van der Waals surface area contributed by atoms with E-state index in [-0.39, 0.29) is 17.5 Å². The zero-order chi connectivity index (χ0) is 17.9. The summed E-state index contributed by atoms with van der Waals surface area (Å²) in [6.45, 7) is 0.859. The molecule has 2 aromatic heterocycles. The number of rotatable bonds is 6. The molecule has 2 aliphatic carbocycles. The third-order valence-electron chi connectivity index (χ3n) is 5.34. The van der Waals surface area contributed by atoms with E-state index in [0.29, 0.717) is 18.8 Å². The molecule has 0 unspecified atom stereocenters. The molecule has 0 spiro atoms. The molecule has 0 aliphatic heterocycles.